The van der Waals surface area contributed by atoms with Crippen molar-refractivity contribution in [3.05, 3.63) is 54.1 Å². The lowest BCUT2D eigenvalue weighted by Crippen LogP contribution is -2.55. The molecule has 1 atom stereocenters. The summed E-state index contributed by atoms with van der Waals surface area (Å²) in [7, 11) is 1.91. The molecule has 0 unspecified atom stereocenters. The van der Waals surface area contributed by atoms with Gasteiger partial charge in [-0.1, -0.05) is 50.1 Å². The molecule has 1 fully saturated rings. The monoisotopic (exact) mass is 340 g/mol. The number of rotatable bonds is 7. The molecule has 0 radical (unpaired) electrons. The van der Waals surface area contributed by atoms with Crippen molar-refractivity contribution in [1.29, 1.82) is 0 Å². The summed E-state index contributed by atoms with van der Waals surface area (Å²) in [5.74, 6) is 1.28. The molecular weight excluding hydrogens is 312 g/mol. The predicted octanol–water partition coefficient (Wildman–Crippen LogP) is 2.76. The highest BCUT2D eigenvalue weighted by Gasteiger charge is 2.32. The number of aromatic nitrogens is 2. The third-order valence-electron chi connectivity index (χ3n) is 5.00. The van der Waals surface area contributed by atoms with Gasteiger partial charge in [-0.3, -0.25) is 9.69 Å². The molecule has 134 valence electrons. The van der Waals surface area contributed by atoms with Crippen LogP contribution in [0.4, 0.5) is 0 Å². The normalized spacial score (nSPS) is 18.7. The first-order valence-corrected chi connectivity index (χ1v) is 9.22. The number of carbonyl (C=O) groups is 1. The third kappa shape index (κ3) is 4.28. The minimum absolute atomic E-state index is 0.0134. The zero-order chi connectivity index (χ0) is 17.6. The quantitative estimate of drug-likeness (QED) is 0.778. The molecule has 0 bridgehead atoms. The number of hydrogen-bond acceptors (Lipinski definition) is 3. The van der Waals surface area contributed by atoms with Gasteiger partial charge in [-0.15, -0.1) is 0 Å². The second kappa shape index (κ2) is 8.30. The molecule has 0 aliphatic carbocycles. The highest BCUT2D eigenvalue weighted by molar-refractivity contribution is 5.82. The first kappa shape index (κ1) is 17.7. The van der Waals surface area contributed by atoms with E-state index in [1.54, 1.807) is 0 Å². The van der Waals surface area contributed by atoms with Crippen molar-refractivity contribution >= 4 is 5.91 Å². The van der Waals surface area contributed by atoms with E-state index in [2.05, 4.69) is 45.6 Å². The number of benzene rings is 1. The number of likely N-dealkylation sites (N-methyl/N-ethyl adjacent to an activating group) is 1. The van der Waals surface area contributed by atoms with Gasteiger partial charge in [0.05, 0.1) is 12.6 Å². The number of unbranched alkanes of at least 4 members (excludes halogenated alkanes) is 1. The summed E-state index contributed by atoms with van der Waals surface area (Å²) in [6.45, 7) is 5.43. The molecule has 5 nitrogen and oxygen atoms in total. The zero-order valence-corrected chi connectivity index (χ0v) is 15.3. The average molecular weight is 340 g/mol. The molecular formula is C20H28N4O. The van der Waals surface area contributed by atoms with Crippen LogP contribution in [0.1, 0.15) is 37.6 Å². The Kier molecular flexibility index (Phi) is 5.87. The fourth-order valence-electron chi connectivity index (χ4n) is 3.45. The van der Waals surface area contributed by atoms with E-state index in [0.29, 0.717) is 0 Å². The first-order valence-electron chi connectivity index (χ1n) is 9.22. The number of imidazole rings is 1. The lowest BCUT2D eigenvalue weighted by atomic mass is 10.0. The molecule has 2 aromatic rings. The molecule has 1 aromatic carbocycles. The number of nitrogens with zero attached hydrogens (tertiary/aromatic N) is 4. The number of amides is 1. The third-order valence-corrected chi connectivity index (χ3v) is 5.00. The SMILES string of the molecule is CCCC[C@H]1C(=O)N(C)CCN1Cc1nccn1Cc1ccccc1. The van der Waals surface area contributed by atoms with Crippen molar-refractivity contribution in [2.24, 2.45) is 0 Å². The molecule has 1 aliphatic rings. The summed E-state index contributed by atoms with van der Waals surface area (Å²) in [5, 5.41) is 0. The largest absolute Gasteiger partial charge is 0.343 e. The van der Waals surface area contributed by atoms with Crippen LogP contribution in [0, 0.1) is 0 Å². The smallest absolute Gasteiger partial charge is 0.239 e. The molecule has 0 spiro atoms. The minimum atomic E-state index is -0.0134. The Labute approximate surface area is 150 Å². The van der Waals surface area contributed by atoms with Gasteiger partial charge in [-0.05, 0) is 12.0 Å². The van der Waals surface area contributed by atoms with Gasteiger partial charge in [-0.2, -0.15) is 0 Å². The van der Waals surface area contributed by atoms with E-state index in [4.69, 9.17) is 0 Å². The topological polar surface area (TPSA) is 41.4 Å². The van der Waals surface area contributed by atoms with Crippen LogP contribution in [0.3, 0.4) is 0 Å². The Bertz CT molecular complexity index is 682. The van der Waals surface area contributed by atoms with E-state index in [9.17, 15) is 4.79 Å². The highest BCUT2D eigenvalue weighted by Crippen LogP contribution is 2.19. The molecule has 1 amide bonds. The highest BCUT2D eigenvalue weighted by atomic mass is 16.2. The Balaban J connectivity index is 1.72. The molecule has 1 aromatic heterocycles. The van der Waals surface area contributed by atoms with Crippen molar-refractivity contribution in [3.63, 3.8) is 0 Å². The zero-order valence-electron chi connectivity index (χ0n) is 15.3. The summed E-state index contributed by atoms with van der Waals surface area (Å²) < 4.78 is 2.19. The summed E-state index contributed by atoms with van der Waals surface area (Å²) in [5.41, 5.74) is 1.26. The maximum absolute atomic E-state index is 12.6. The van der Waals surface area contributed by atoms with Gasteiger partial charge in [0.1, 0.15) is 5.82 Å². The Morgan fingerprint density at radius 3 is 2.72 bits per heavy atom. The van der Waals surface area contributed by atoms with E-state index in [1.165, 1.54) is 5.56 Å². The second-order valence-electron chi connectivity index (χ2n) is 6.85. The molecule has 1 saturated heterocycles. The van der Waals surface area contributed by atoms with E-state index < -0.39 is 0 Å². The van der Waals surface area contributed by atoms with Crippen LogP contribution < -0.4 is 0 Å². The van der Waals surface area contributed by atoms with Crippen molar-refractivity contribution < 1.29 is 4.79 Å². The van der Waals surface area contributed by atoms with Crippen LogP contribution in [0.2, 0.25) is 0 Å². The second-order valence-corrected chi connectivity index (χ2v) is 6.85. The fraction of sp³-hybridized carbons (Fsp3) is 0.500. The van der Waals surface area contributed by atoms with E-state index in [0.717, 1.165) is 51.3 Å². The minimum Gasteiger partial charge on any atom is -0.343 e. The Morgan fingerprint density at radius 2 is 1.96 bits per heavy atom. The van der Waals surface area contributed by atoms with Crippen molar-refractivity contribution in [1.82, 2.24) is 19.4 Å². The molecule has 0 N–H and O–H groups in total. The summed E-state index contributed by atoms with van der Waals surface area (Å²) in [6, 6.07) is 10.4. The number of hydrogen-bond donors (Lipinski definition) is 0. The predicted molar refractivity (Wildman–Crippen MR) is 99.1 cm³/mol. The summed E-state index contributed by atoms with van der Waals surface area (Å²) in [4.78, 5) is 21.3. The molecule has 5 heteroatoms. The number of piperazine rings is 1. The standard InChI is InChI=1S/C20H28N4O/c1-3-4-10-18-20(25)22(2)13-14-23(18)16-19-21-11-12-24(19)15-17-8-6-5-7-9-17/h5-9,11-12,18H,3-4,10,13-16H2,1-2H3/t18-/m0/s1. The van der Waals surface area contributed by atoms with Gasteiger partial charge in [-0.25, -0.2) is 4.98 Å². The van der Waals surface area contributed by atoms with Crippen LogP contribution in [-0.2, 0) is 17.9 Å². The van der Waals surface area contributed by atoms with Crippen LogP contribution in [-0.4, -0.2) is 51.4 Å². The molecule has 1 aliphatic heterocycles. The summed E-state index contributed by atoms with van der Waals surface area (Å²) in [6.07, 6.45) is 7.01. The van der Waals surface area contributed by atoms with Gasteiger partial charge in [0.25, 0.3) is 0 Å². The molecule has 3 rings (SSSR count). The maximum Gasteiger partial charge on any atom is 0.239 e. The van der Waals surface area contributed by atoms with Gasteiger partial charge >= 0.3 is 0 Å². The lowest BCUT2D eigenvalue weighted by molar-refractivity contribution is -0.141. The summed E-state index contributed by atoms with van der Waals surface area (Å²) >= 11 is 0. The first-order chi connectivity index (χ1) is 12.2. The molecule has 0 saturated carbocycles. The Hall–Kier alpha value is -2.14. The average Bonchev–Trinajstić information content (AvgIpc) is 3.05. The van der Waals surface area contributed by atoms with E-state index >= 15 is 0 Å². The molecule has 2 heterocycles. The van der Waals surface area contributed by atoms with Gasteiger partial charge in [0.15, 0.2) is 0 Å². The van der Waals surface area contributed by atoms with Crippen LogP contribution in [0.15, 0.2) is 42.7 Å². The van der Waals surface area contributed by atoms with Crippen molar-refractivity contribution in [2.45, 2.75) is 45.3 Å². The maximum atomic E-state index is 12.6. The van der Waals surface area contributed by atoms with E-state index in [1.807, 2.05) is 30.4 Å². The lowest BCUT2D eigenvalue weighted by Gasteiger charge is -2.39. The van der Waals surface area contributed by atoms with Crippen molar-refractivity contribution in [2.75, 3.05) is 20.1 Å². The number of carbonyl (C=O) groups excluding carboxylic acids is 1. The fourth-order valence-corrected chi connectivity index (χ4v) is 3.45. The molecule has 25 heavy (non-hydrogen) atoms. The van der Waals surface area contributed by atoms with Crippen LogP contribution in [0.25, 0.3) is 0 Å². The van der Waals surface area contributed by atoms with Crippen LogP contribution in [0.5, 0.6) is 0 Å². The van der Waals surface area contributed by atoms with Crippen molar-refractivity contribution in [3.8, 4) is 0 Å². The van der Waals surface area contributed by atoms with Gasteiger partial charge in [0.2, 0.25) is 5.91 Å². The van der Waals surface area contributed by atoms with Gasteiger partial charge < -0.3 is 9.47 Å². The van der Waals surface area contributed by atoms with Crippen LogP contribution >= 0.6 is 0 Å². The Morgan fingerprint density at radius 1 is 1.16 bits per heavy atom. The van der Waals surface area contributed by atoms with Gasteiger partial charge in [0, 0.05) is 39.1 Å². The van der Waals surface area contributed by atoms with E-state index in [-0.39, 0.29) is 11.9 Å².